The lowest BCUT2D eigenvalue weighted by molar-refractivity contribution is -0.310. The second-order valence-electron chi connectivity index (χ2n) is 7.04. The number of nitriles is 1. The van der Waals surface area contributed by atoms with Gasteiger partial charge in [-0.25, -0.2) is 4.79 Å². The van der Waals surface area contributed by atoms with Gasteiger partial charge in [0.1, 0.15) is 5.60 Å². The molecule has 1 aliphatic rings. The summed E-state index contributed by atoms with van der Waals surface area (Å²) >= 11 is 0. The van der Waals surface area contributed by atoms with E-state index >= 15 is 0 Å². The third kappa shape index (κ3) is 4.25. The van der Waals surface area contributed by atoms with Crippen molar-refractivity contribution in [1.29, 1.82) is 5.26 Å². The van der Waals surface area contributed by atoms with E-state index in [9.17, 15) is 14.7 Å². The van der Waals surface area contributed by atoms with Gasteiger partial charge in [0.15, 0.2) is 0 Å². The number of rotatable bonds is 3. The quantitative estimate of drug-likeness (QED) is 0.837. The minimum Gasteiger partial charge on any atom is -0.548 e. The number of hydrogen-bond donors (Lipinski definition) is 0. The van der Waals surface area contributed by atoms with E-state index in [2.05, 4.69) is 6.07 Å². The molecule has 2 atom stereocenters. The molecular formula is C18H21N2O4-. The normalized spacial score (nSPS) is 20.5. The van der Waals surface area contributed by atoms with E-state index in [1.165, 1.54) is 4.90 Å². The monoisotopic (exact) mass is 329 g/mol. The third-order valence-electron chi connectivity index (χ3n) is 3.93. The molecule has 1 saturated heterocycles. The van der Waals surface area contributed by atoms with Crippen molar-refractivity contribution in [2.45, 2.75) is 45.3 Å². The summed E-state index contributed by atoms with van der Waals surface area (Å²) in [6.07, 6.45) is 0.182. The topological polar surface area (TPSA) is 93.5 Å². The van der Waals surface area contributed by atoms with E-state index in [1.807, 2.05) is 12.1 Å². The highest BCUT2D eigenvalue weighted by Gasteiger charge is 2.38. The van der Waals surface area contributed by atoms with Gasteiger partial charge >= 0.3 is 6.09 Å². The summed E-state index contributed by atoms with van der Waals surface area (Å²) in [7, 11) is 0. The lowest BCUT2D eigenvalue weighted by Crippen LogP contribution is -2.48. The number of benzene rings is 1. The fraction of sp³-hybridized carbons (Fsp3) is 0.500. The zero-order chi connectivity index (χ0) is 17.9. The molecule has 24 heavy (non-hydrogen) atoms. The average molecular weight is 329 g/mol. The van der Waals surface area contributed by atoms with Crippen molar-refractivity contribution < 1.29 is 19.4 Å². The van der Waals surface area contributed by atoms with Crippen molar-refractivity contribution in [2.24, 2.45) is 5.92 Å². The van der Waals surface area contributed by atoms with Crippen molar-refractivity contribution in [1.82, 2.24) is 4.90 Å². The Hall–Kier alpha value is -2.55. The van der Waals surface area contributed by atoms with Gasteiger partial charge in [-0.05, 0) is 51.2 Å². The smallest absolute Gasteiger partial charge is 0.410 e. The largest absolute Gasteiger partial charge is 0.548 e. The van der Waals surface area contributed by atoms with Gasteiger partial charge in [-0.3, -0.25) is 4.90 Å². The molecule has 0 radical (unpaired) electrons. The van der Waals surface area contributed by atoms with Crippen LogP contribution in [0.3, 0.4) is 0 Å². The fourth-order valence-corrected chi connectivity index (χ4v) is 2.93. The molecule has 0 spiro atoms. The first kappa shape index (κ1) is 17.8. The van der Waals surface area contributed by atoms with Crippen molar-refractivity contribution in [2.75, 3.05) is 6.54 Å². The Bertz CT molecular complexity index is 672. The molecule has 0 bridgehead atoms. The van der Waals surface area contributed by atoms with Gasteiger partial charge in [-0.15, -0.1) is 0 Å². The highest BCUT2D eigenvalue weighted by atomic mass is 16.6. The van der Waals surface area contributed by atoms with Crippen molar-refractivity contribution >= 4 is 12.1 Å². The lowest BCUT2D eigenvalue weighted by Gasteiger charge is -2.28. The van der Waals surface area contributed by atoms with Crippen LogP contribution in [0, 0.1) is 17.2 Å². The van der Waals surface area contributed by atoms with Crippen LogP contribution in [0.4, 0.5) is 4.79 Å². The number of ether oxygens (including phenoxy) is 1. The van der Waals surface area contributed by atoms with Gasteiger partial charge < -0.3 is 14.6 Å². The first-order valence-electron chi connectivity index (χ1n) is 7.89. The Labute approximate surface area is 141 Å². The Kier molecular flexibility index (Phi) is 5.13. The molecule has 1 amide bonds. The zero-order valence-electron chi connectivity index (χ0n) is 14.1. The standard InChI is InChI=1S/C18H22N2O4/c1-18(2,3)24-17(23)20-11-12(9-15(20)16(21)22)8-13-6-4-5-7-14(13)10-19/h4-7,12,15H,8-9,11H2,1-3H3,(H,21,22)/p-1/t12-,15+/m1/s1. The summed E-state index contributed by atoms with van der Waals surface area (Å²) < 4.78 is 5.29. The summed E-state index contributed by atoms with van der Waals surface area (Å²) in [4.78, 5) is 24.9. The third-order valence-corrected chi connectivity index (χ3v) is 3.93. The molecule has 0 aliphatic carbocycles. The predicted octanol–water partition coefficient (Wildman–Crippen LogP) is 1.48. The summed E-state index contributed by atoms with van der Waals surface area (Å²) in [6.45, 7) is 5.47. The summed E-state index contributed by atoms with van der Waals surface area (Å²) in [5.41, 5.74) is 0.727. The number of nitrogens with zero attached hydrogens (tertiary/aromatic N) is 2. The van der Waals surface area contributed by atoms with Gasteiger partial charge in [-0.1, -0.05) is 18.2 Å². The molecule has 2 rings (SSSR count). The van der Waals surface area contributed by atoms with Crippen LogP contribution in [-0.4, -0.2) is 35.2 Å². The number of carbonyl (C=O) groups excluding carboxylic acids is 2. The first-order valence-corrected chi connectivity index (χ1v) is 7.89. The highest BCUT2D eigenvalue weighted by Crippen LogP contribution is 2.28. The molecule has 1 fully saturated rings. The van der Waals surface area contributed by atoms with E-state index in [1.54, 1.807) is 32.9 Å². The average Bonchev–Trinajstić information content (AvgIpc) is 2.90. The number of likely N-dealkylation sites (tertiary alicyclic amines) is 1. The number of aliphatic carboxylic acids is 1. The Morgan fingerprint density at radius 1 is 1.38 bits per heavy atom. The van der Waals surface area contributed by atoms with Crippen LogP contribution in [0.25, 0.3) is 0 Å². The van der Waals surface area contributed by atoms with Crippen LogP contribution < -0.4 is 5.11 Å². The van der Waals surface area contributed by atoms with Crippen LogP contribution in [0.15, 0.2) is 24.3 Å². The Morgan fingerprint density at radius 3 is 2.62 bits per heavy atom. The summed E-state index contributed by atoms with van der Waals surface area (Å²) in [5.74, 6) is -1.34. The van der Waals surface area contributed by atoms with Gasteiger partial charge in [0.05, 0.1) is 23.6 Å². The maximum atomic E-state index is 12.3. The summed E-state index contributed by atoms with van der Waals surface area (Å²) in [6, 6.07) is 8.34. The van der Waals surface area contributed by atoms with Crippen LogP contribution in [0.5, 0.6) is 0 Å². The minimum absolute atomic E-state index is 0.0603. The van der Waals surface area contributed by atoms with Gasteiger partial charge in [0, 0.05) is 6.54 Å². The van der Waals surface area contributed by atoms with E-state index in [0.717, 1.165) is 5.56 Å². The predicted molar refractivity (Wildman–Crippen MR) is 84.7 cm³/mol. The second kappa shape index (κ2) is 6.91. The van der Waals surface area contributed by atoms with Gasteiger partial charge in [0.2, 0.25) is 0 Å². The number of carboxylic acid groups (broad SMARTS) is 1. The van der Waals surface area contributed by atoms with E-state index in [4.69, 9.17) is 10.00 Å². The Morgan fingerprint density at radius 2 is 2.04 bits per heavy atom. The molecule has 0 unspecified atom stereocenters. The maximum Gasteiger partial charge on any atom is 0.410 e. The number of amides is 1. The molecular weight excluding hydrogens is 308 g/mol. The van der Waals surface area contributed by atoms with Crippen LogP contribution in [-0.2, 0) is 16.0 Å². The van der Waals surface area contributed by atoms with Crippen molar-refractivity contribution in [3.8, 4) is 6.07 Å². The number of carboxylic acids is 1. The van der Waals surface area contributed by atoms with Crippen LogP contribution >= 0.6 is 0 Å². The van der Waals surface area contributed by atoms with Gasteiger partial charge in [0.25, 0.3) is 0 Å². The molecule has 0 aromatic heterocycles. The number of carbonyl (C=O) groups is 2. The van der Waals surface area contributed by atoms with Gasteiger partial charge in [-0.2, -0.15) is 5.26 Å². The molecule has 1 aromatic rings. The van der Waals surface area contributed by atoms with Crippen molar-refractivity contribution in [3.63, 3.8) is 0 Å². The molecule has 0 saturated carbocycles. The van der Waals surface area contributed by atoms with E-state index in [0.29, 0.717) is 18.4 Å². The molecule has 128 valence electrons. The highest BCUT2D eigenvalue weighted by molar-refractivity contribution is 5.79. The molecule has 1 aromatic carbocycles. The first-order chi connectivity index (χ1) is 11.2. The van der Waals surface area contributed by atoms with Crippen LogP contribution in [0.2, 0.25) is 0 Å². The molecule has 1 heterocycles. The number of hydrogen-bond acceptors (Lipinski definition) is 5. The Balaban J connectivity index is 2.14. The van der Waals surface area contributed by atoms with Crippen molar-refractivity contribution in [3.05, 3.63) is 35.4 Å². The minimum atomic E-state index is -1.28. The fourth-order valence-electron chi connectivity index (χ4n) is 2.93. The van der Waals surface area contributed by atoms with Crippen LogP contribution in [0.1, 0.15) is 38.3 Å². The molecule has 6 nitrogen and oxygen atoms in total. The molecule has 0 N–H and O–H groups in total. The van der Waals surface area contributed by atoms with E-state index < -0.39 is 23.7 Å². The SMILES string of the molecule is CC(C)(C)OC(=O)N1C[C@H](Cc2ccccc2C#N)C[C@H]1C(=O)[O-]. The molecule has 6 heteroatoms. The summed E-state index contributed by atoms with van der Waals surface area (Å²) in [5, 5.41) is 20.6. The maximum absolute atomic E-state index is 12.3. The van der Waals surface area contributed by atoms with E-state index in [-0.39, 0.29) is 12.5 Å². The zero-order valence-corrected chi connectivity index (χ0v) is 14.1. The molecule has 1 aliphatic heterocycles. The lowest BCUT2D eigenvalue weighted by atomic mass is 9.94. The second-order valence-corrected chi connectivity index (χ2v) is 7.04.